The van der Waals surface area contributed by atoms with Crippen molar-refractivity contribution < 1.29 is 14.7 Å². The van der Waals surface area contributed by atoms with E-state index in [0.717, 1.165) is 11.3 Å². The number of rotatable bonds is 3. The summed E-state index contributed by atoms with van der Waals surface area (Å²) >= 11 is 0. The molecule has 2 rings (SSSR count). The molecule has 1 aliphatic rings. The summed E-state index contributed by atoms with van der Waals surface area (Å²) in [5.74, 6) is -0.785. The molecule has 2 heterocycles. The van der Waals surface area contributed by atoms with Gasteiger partial charge in [-0.15, -0.1) is 0 Å². The van der Waals surface area contributed by atoms with Gasteiger partial charge in [-0.3, -0.25) is 9.78 Å². The van der Waals surface area contributed by atoms with Crippen LogP contribution in [0.2, 0.25) is 0 Å². The molecule has 114 valence electrons. The number of likely N-dealkylation sites (tertiary alicyclic amines) is 1. The lowest BCUT2D eigenvalue weighted by Crippen LogP contribution is -2.48. The smallest absolute Gasteiger partial charge is 0.317 e. The molecule has 0 spiro atoms. The molecule has 2 amide bonds. The van der Waals surface area contributed by atoms with Crippen LogP contribution in [-0.4, -0.2) is 40.1 Å². The summed E-state index contributed by atoms with van der Waals surface area (Å²) in [5, 5.41) is 12.0. The molecule has 1 saturated heterocycles. The first-order valence-electron chi connectivity index (χ1n) is 7.09. The minimum Gasteiger partial charge on any atom is -0.481 e. The lowest BCUT2D eigenvalue weighted by molar-refractivity contribution is -0.150. The van der Waals surface area contributed by atoms with Gasteiger partial charge >= 0.3 is 12.0 Å². The highest BCUT2D eigenvalue weighted by Crippen LogP contribution is 2.30. The van der Waals surface area contributed by atoms with Crippen LogP contribution in [0.1, 0.15) is 31.0 Å². The van der Waals surface area contributed by atoms with Crippen molar-refractivity contribution >= 4 is 12.0 Å². The van der Waals surface area contributed by atoms with Gasteiger partial charge in [0.25, 0.3) is 0 Å². The minimum absolute atomic E-state index is 0.160. The van der Waals surface area contributed by atoms with Crippen LogP contribution in [0.5, 0.6) is 0 Å². The van der Waals surface area contributed by atoms with Crippen molar-refractivity contribution in [2.45, 2.75) is 33.2 Å². The number of aliphatic carboxylic acids is 1. The number of nitrogens with zero attached hydrogens (tertiary/aromatic N) is 2. The van der Waals surface area contributed by atoms with E-state index in [2.05, 4.69) is 10.3 Å². The third-order valence-electron chi connectivity index (χ3n) is 4.20. The highest BCUT2D eigenvalue weighted by atomic mass is 16.4. The van der Waals surface area contributed by atoms with E-state index in [-0.39, 0.29) is 6.03 Å². The molecular formula is C15H21N3O3. The fourth-order valence-corrected chi connectivity index (χ4v) is 2.39. The third-order valence-corrected chi connectivity index (χ3v) is 4.20. The minimum atomic E-state index is -0.785. The van der Waals surface area contributed by atoms with Crippen molar-refractivity contribution in [3.8, 4) is 0 Å². The van der Waals surface area contributed by atoms with Crippen LogP contribution < -0.4 is 5.32 Å². The predicted molar refractivity (Wildman–Crippen MR) is 77.8 cm³/mol. The molecule has 1 fully saturated rings. The van der Waals surface area contributed by atoms with E-state index in [1.165, 1.54) is 0 Å². The van der Waals surface area contributed by atoms with Crippen LogP contribution in [0, 0.1) is 12.3 Å². The van der Waals surface area contributed by atoms with Crippen molar-refractivity contribution in [3.05, 3.63) is 29.6 Å². The molecule has 1 aromatic heterocycles. The van der Waals surface area contributed by atoms with E-state index in [1.54, 1.807) is 18.0 Å². The summed E-state index contributed by atoms with van der Waals surface area (Å²) < 4.78 is 0. The summed E-state index contributed by atoms with van der Waals surface area (Å²) in [5.41, 5.74) is 1.17. The van der Waals surface area contributed by atoms with Crippen molar-refractivity contribution in [1.29, 1.82) is 0 Å². The van der Waals surface area contributed by atoms with E-state index >= 15 is 0 Å². The summed E-state index contributed by atoms with van der Waals surface area (Å²) in [6, 6.07) is 3.65. The molecule has 0 saturated carbocycles. The number of carboxylic acid groups (broad SMARTS) is 1. The van der Waals surface area contributed by atoms with Crippen molar-refractivity contribution in [1.82, 2.24) is 15.2 Å². The highest BCUT2D eigenvalue weighted by Gasteiger charge is 2.37. The van der Waals surface area contributed by atoms with Crippen LogP contribution in [0.25, 0.3) is 0 Å². The molecule has 0 aromatic carbocycles. The maximum Gasteiger partial charge on any atom is 0.317 e. The highest BCUT2D eigenvalue weighted by molar-refractivity contribution is 5.77. The van der Waals surface area contributed by atoms with Crippen LogP contribution in [0.15, 0.2) is 18.3 Å². The number of aromatic nitrogens is 1. The van der Waals surface area contributed by atoms with E-state index in [4.69, 9.17) is 0 Å². The molecule has 0 bridgehead atoms. The van der Waals surface area contributed by atoms with E-state index < -0.39 is 11.4 Å². The Morgan fingerprint density at radius 2 is 2.10 bits per heavy atom. The van der Waals surface area contributed by atoms with Crippen molar-refractivity contribution in [3.63, 3.8) is 0 Å². The molecule has 0 aliphatic carbocycles. The first-order chi connectivity index (χ1) is 9.92. The Morgan fingerprint density at radius 3 is 2.67 bits per heavy atom. The standard InChI is InChI=1S/C15H21N3O3/c1-11-4-3-7-16-12(11)10-17-14(21)18-8-5-15(2,6-9-18)13(19)20/h3-4,7H,5-6,8-10H2,1-2H3,(H,17,21)(H,19,20). The Morgan fingerprint density at radius 1 is 1.43 bits per heavy atom. The van der Waals surface area contributed by atoms with Gasteiger partial charge in [-0.1, -0.05) is 6.07 Å². The fraction of sp³-hybridized carbons (Fsp3) is 0.533. The Labute approximate surface area is 124 Å². The third kappa shape index (κ3) is 3.51. The maximum absolute atomic E-state index is 12.1. The number of hydrogen-bond donors (Lipinski definition) is 2. The molecule has 1 aliphatic heterocycles. The van der Waals surface area contributed by atoms with Crippen molar-refractivity contribution in [2.24, 2.45) is 5.41 Å². The van der Waals surface area contributed by atoms with Crippen LogP contribution >= 0.6 is 0 Å². The fourth-order valence-electron chi connectivity index (χ4n) is 2.39. The largest absolute Gasteiger partial charge is 0.481 e. The number of carbonyl (C=O) groups excluding carboxylic acids is 1. The molecule has 0 radical (unpaired) electrons. The van der Waals surface area contributed by atoms with Crippen LogP contribution in [0.3, 0.4) is 0 Å². The van der Waals surface area contributed by atoms with Crippen molar-refractivity contribution in [2.75, 3.05) is 13.1 Å². The second-order valence-electron chi connectivity index (χ2n) is 5.78. The van der Waals surface area contributed by atoms with Gasteiger partial charge in [0.1, 0.15) is 0 Å². The number of nitrogens with one attached hydrogen (secondary N) is 1. The van der Waals surface area contributed by atoms with Gasteiger partial charge in [0.15, 0.2) is 0 Å². The first kappa shape index (κ1) is 15.3. The maximum atomic E-state index is 12.1. The Kier molecular flexibility index (Phi) is 4.45. The Hall–Kier alpha value is -2.11. The van der Waals surface area contributed by atoms with Gasteiger partial charge in [0.2, 0.25) is 0 Å². The van der Waals surface area contributed by atoms with Crippen LogP contribution in [0.4, 0.5) is 4.79 Å². The molecule has 6 heteroatoms. The number of urea groups is 1. The number of carboxylic acids is 1. The number of piperidine rings is 1. The average molecular weight is 291 g/mol. The monoisotopic (exact) mass is 291 g/mol. The number of aryl methyl sites for hydroxylation is 1. The van der Waals surface area contributed by atoms with Crippen LogP contribution in [-0.2, 0) is 11.3 Å². The van der Waals surface area contributed by atoms with Gasteiger partial charge < -0.3 is 15.3 Å². The quantitative estimate of drug-likeness (QED) is 0.889. The number of amides is 2. The Bertz CT molecular complexity index is 537. The van der Waals surface area contributed by atoms with Gasteiger partial charge in [-0.05, 0) is 38.3 Å². The molecule has 0 unspecified atom stereocenters. The second kappa shape index (κ2) is 6.11. The second-order valence-corrected chi connectivity index (χ2v) is 5.78. The SMILES string of the molecule is Cc1cccnc1CNC(=O)N1CCC(C)(C(=O)O)CC1. The molecule has 0 atom stereocenters. The van der Waals surface area contributed by atoms with E-state index in [9.17, 15) is 14.7 Å². The average Bonchev–Trinajstić information content (AvgIpc) is 2.46. The molecule has 6 nitrogen and oxygen atoms in total. The predicted octanol–water partition coefficient (Wildman–Crippen LogP) is 1.79. The first-order valence-corrected chi connectivity index (χ1v) is 7.09. The lowest BCUT2D eigenvalue weighted by Gasteiger charge is -2.36. The molecule has 21 heavy (non-hydrogen) atoms. The molecule has 2 N–H and O–H groups in total. The zero-order chi connectivity index (χ0) is 15.5. The zero-order valence-corrected chi connectivity index (χ0v) is 12.4. The van der Waals surface area contributed by atoms with Gasteiger partial charge in [-0.2, -0.15) is 0 Å². The number of hydrogen-bond acceptors (Lipinski definition) is 3. The van der Waals surface area contributed by atoms with Gasteiger partial charge in [0.05, 0.1) is 17.7 Å². The lowest BCUT2D eigenvalue weighted by atomic mass is 9.80. The van der Waals surface area contributed by atoms with Gasteiger partial charge in [-0.25, -0.2) is 4.79 Å². The van der Waals surface area contributed by atoms with E-state index in [1.807, 2.05) is 19.1 Å². The normalized spacial score (nSPS) is 17.3. The summed E-state index contributed by atoms with van der Waals surface area (Å²) in [6.07, 6.45) is 2.67. The Balaban J connectivity index is 1.86. The molecular weight excluding hydrogens is 270 g/mol. The summed E-state index contributed by atoms with van der Waals surface area (Å²) in [4.78, 5) is 29.2. The topological polar surface area (TPSA) is 82.5 Å². The van der Waals surface area contributed by atoms with Gasteiger partial charge in [0, 0.05) is 19.3 Å². The summed E-state index contributed by atoms with van der Waals surface area (Å²) in [7, 11) is 0. The number of carbonyl (C=O) groups is 2. The summed E-state index contributed by atoms with van der Waals surface area (Å²) in [6.45, 7) is 5.01. The zero-order valence-electron chi connectivity index (χ0n) is 12.4. The number of pyridine rings is 1. The van der Waals surface area contributed by atoms with E-state index in [0.29, 0.717) is 32.5 Å². The molecule has 1 aromatic rings.